The zero-order valence-electron chi connectivity index (χ0n) is 16.2. The van der Waals surface area contributed by atoms with Crippen molar-refractivity contribution in [3.63, 3.8) is 0 Å². The first-order chi connectivity index (χ1) is 14.7. The van der Waals surface area contributed by atoms with E-state index in [0.717, 1.165) is 18.6 Å². The summed E-state index contributed by atoms with van der Waals surface area (Å²) in [5.41, 5.74) is 0.118. The molecule has 2 aromatic heterocycles. The standard InChI is InChI=1S/C17H18N4O3.C2HF3O2/c22-16(15-3-6-19-12-20-15)21-10-17(11-21)8-13(4-7-23-17)24-14-2-1-5-18-9-14;3-2(4,5)1(6)7/h1-3,5-6,9,12-13H,4,7-8,10-11H2;(H,6,7). The highest BCUT2D eigenvalue weighted by atomic mass is 19.4. The molecule has 4 heterocycles. The predicted octanol–water partition coefficient (Wildman–Crippen LogP) is 1.96. The third-order valence-electron chi connectivity index (χ3n) is 4.67. The average Bonchev–Trinajstić information content (AvgIpc) is 2.73. The second-order valence-corrected chi connectivity index (χ2v) is 7.01. The molecule has 1 atom stereocenters. The van der Waals surface area contributed by atoms with Crippen molar-refractivity contribution in [1.29, 1.82) is 0 Å². The van der Waals surface area contributed by atoms with E-state index < -0.39 is 12.1 Å². The number of amides is 1. The first-order valence-corrected chi connectivity index (χ1v) is 9.25. The zero-order chi connectivity index (χ0) is 22.5. The largest absolute Gasteiger partial charge is 0.490 e. The van der Waals surface area contributed by atoms with E-state index in [9.17, 15) is 18.0 Å². The molecule has 2 aliphatic heterocycles. The first-order valence-electron chi connectivity index (χ1n) is 9.25. The molecular formula is C19H19F3N4O5. The van der Waals surface area contributed by atoms with Crippen LogP contribution in [-0.4, -0.2) is 74.4 Å². The average molecular weight is 440 g/mol. The van der Waals surface area contributed by atoms with Crippen LogP contribution in [0.15, 0.2) is 43.1 Å². The summed E-state index contributed by atoms with van der Waals surface area (Å²) in [4.78, 5) is 34.9. The molecule has 2 aliphatic rings. The topological polar surface area (TPSA) is 115 Å². The Kier molecular flexibility index (Phi) is 6.68. The Morgan fingerprint density at radius 3 is 2.55 bits per heavy atom. The Balaban J connectivity index is 0.000000339. The first kappa shape index (κ1) is 22.4. The van der Waals surface area contributed by atoms with Gasteiger partial charge in [0.2, 0.25) is 0 Å². The smallest absolute Gasteiger partial charge is 0.489 e. The fraction of sp³-hybridized carbons (Fsp3) is 0.421. The number of rotatable bonds is 3. The normalized spacial score (nSPS) is 19.6. The number of aliphatic carboxylic acids is 1. The van der Waals surface area contributed by atoms with Gasteiger partial charge in [-0.15, -0.1) is 0 Å². The highest BCUT2D eigenvalue weighted by molar-refractivity contribution is 5.92. The number of carboxylic acids is 1. The molecular weight excluding hydrogens is 421 g/mol. The van der Waals surface area contributed by atoms with Crippen LogP contribution in [0.25, 0.3) is 0 Å². The summed E-state index contributed by atoms with van der Waals surface area (Å²) in [6.07, 6.45) is 3.02. The zero-order valence-corrected chi connectivity index (χ0v) is 16.2. The second kappa shape index (κ2) is 9.25. The summed E-state index contributed by atoms with van der Waals surface area (Å²) < 4.78 is 43.7. The van der Waals surface area contributed by atoms with Crippen molar-refractivity contribution >= 4 is 11.9 Å². The molecule has 1 N–H and O–H groups in total. The van der Waals surface area contributed by atoms with Gasteiger partial charge in [0.1, 0.15) is 29.5 Å². The molecule has 0 aliphatic carbocycles. The van der Waals surface area contributed by atoms with Crippen LogP contribution in [-0.2, 0) is 9.53 Å². The van der Waals surface area contributed by atoms with Gasteiger partial charge in [-0.2, -0.15) is 13.2 Å². The third kappa shape index (κ3) is 5.87. The minimum absolute atomic E-state index is 0.0815. The minimum Gasteiger partial charge on any atom is -0.489 e. The molecule has 12 heteroatoms. The lowest BCUT2D eigenvalue weighted by Crippen LogP contribution is -2.67. The second-order valence-electron chi connectivity index (χ2n) is 7.01. The molecule has 0 radical (unpaired) electrons. The molecule has 2 saturated heterocycles. The molecule has 166 valence electrons. The van der Waals surface area contributed by atoms with Gasteiger partial charge in [-0.1, -0.05) is 0 Å². The number of hydrogen-bond acceptors (Lipinski definition) is 7. The van der Waals surface area contributed by atoms with Gasteiger partial charge in [0, 0.05) is 25.2 Å². The fourth-order valence-corrected chi connectivity index (χ4v) is 3.29. The Hall–Kier alpha value is -3.28. The summed E-state index contributed by atoms with van der Waals surface area (Å²) in [6.45, 7) is 1.78. The molecule has 1 unspecified atom stereocenters. The van der Waals surface area contributed by atoms with Crippen LogP contribution in [0.4, 0.5) is 13.2 Å². The van der Waals surface area contributed by atoms with Gasteiger partial charge in [-0.05, 0) is 18.2 Å². The van der Waals surface area contributed by atoms with E-state index in [4.69, 9.17) is 19.4 Å². The maximum Gasteiger partial charge on any atom is 0.490 e. The third-order valence-corrected chi connectivity index (χ3v) is 4.67. The molecule has 4 rings (SSSR count). The van der Waals surface area contributed by atoms with E-state index in [-0.39, 0.29) is 17.6 Å². The molecule has 0 bridgehead atoms. The van der Waals surface area contributed by atoms with Gasteiger partial charge in [-0.25, -0.2) is 14.8 Å². The van der Waals surface area contributed by atoms with Gasteiger partial charge in [-0.3, -0.25) is 9.78 Å². The van der Waals surface area contributed by atoms with E-state index in [0.29, 0.717) is 25.4 Å². The lowest BCUT2D eigenvalue weighted by atomic mass is 9.84. The molecule has 2 fully saturated rings. The predicted molar refractivity (Wildman–Crippen MR) is 98.2 cm³/mol. The number of nitrogens with zero attached hydrogens (tertiary/aromatic N) is 4. The van der Waals surface area contributed by atoms with Crippen LogP contribution in [0.1, 0.15) is 23.3 Å². The van der Waals surface area contributed by atoms with Crippen LogP contribution < -0.4 is 4.74 Å². The van der Waals surface area contributed by atoms with Crippen LogP contribution in [0, 0.1) is 0 Å². The number of pyridine rings is 1. The number of carboxylic acid groups (broad SMARTS) is 1. The van der Waals surface area contributed by atoms with Gasteiger partial charge in [0.05, 0.1) is 25.9 Å². The number of likely N-dealkylation sites (tertiary alicyclic amines) is 1. The van der Waals surface area contributed by atoms with Crippen molar-refractivity contribution in [2.24, 2.45) is 0 Å². The SMILES string of the molecule is O=C(O)C(F)(F)F.O=C(c1ccncn1)N1CC2(CC(Oc3cccnc3)CCO2)C1. The van der Waals surface area contributed by atoms with Crippen molar-refractivity contribution in [3.8, 4) is 5.75 Å². The van der Waals surface area contributed by atoms with Crippen LogP contribution in [0.3, 0.4) is 0 Å². The highest BCUT2D eigenvalue weighted by Crippen LogP contribution is 2.36. The summed E-state index contributed by atoms with van der Waals surface area (Å²) >= 11 is 0. The number of carbonyl (C=O) groups is 2. The molecule has 0 aromatic carbocycles. The van der Waals surface area contributed by atoms with Crippen molar-refractivity contribution < 1.29 is 37.3 Å². The van der Waals surface area contributed by atoms with Crippen LogP contribution >= 0.6 is 0 Å². The van der Waals surface area contributed by atoms with E-state index in [1.807, 2.05) is 12.1 Å². The van der Waals surface area contributed by atoms with Gasteiger partial charge in [0.15, 0.2) is 0 Å². The number of carbonyl (C=O) groups excluding carboxylic acids is 1. The Labute approximate surface area is 174 Å². The quantitative estimate of drug-likeness (QED) is 0.770. The maximum absolute atomic E-state index is 12.4. The number of alkyl halides is 3. The summed E-state index contributed by atoms with van der Waals surface area (Å²) in [5.74, 6) is -2.07. The minimum atomic E-state index is -5.08. The summed E-state index contributed by atoms with van der Waals surface area (Å²) in [7, 11) is 0. The monoisotopic (exact) mass is 440 g/mol. The van der Waals surface area contributed by atoms with Crippen molar-refractivity contribution in [1.82, 2.24) is 19.9 Å². The van der Waals surface area contributed by atoms with E-state index in [2.05, 4.69) is 15.0 Å². The molecule has 1 amide bonds. The number of hydrogen-bond donors (Lipinski definition) is 1. The molecule has 1 spiro atoms. The van der Waals surface area contributed by atoms with Crippen molar-refractivity contribution in [2.45, 2.75) is 30.7 Å². The van der Waals surface area contributed by atoms with Gasteiger partial charge < -0.3 is 19.5 Å². The number of aromatic nitrogens is 3. The molecule has 31 heavy (non-hydrogen) atoms. The van der Waals surface area contributed by atoms with Crippen molar-refractivity contribution in [3.05, 3.63) is 48.8 Å². The van der Waals surface area contributed by atoms with Gasteiger partial charge >= 0.3 is 12.1 Å². The molecule has 9 nitrogen and oxygen atoms in total. The van der Waals surface area contributed by atoms with Gasteiger partial charge in [0.25, 0.3) is 5.91 Å². The number of halogens is 3. The fourth-order valence-electron chi connectivity index (χ4n) is 3.29. The summed E-state index contributed by atoms with van der Waals surface area (Å²) in [6, 6.07) is 5.39. The Morgan fingerprint density at radius 2 is 1.97 bits per heavy atom. The summed E-state index contributed by atoms with van der Waals surface area (Å²) in [5, 5.41) is 7.12. The molecule has 0 saturated carbocycles. The lowest BCUT2D eigenvalue weighted by Gasteiger charge is -2.52. The van der Waals surface area contributed by atoms with Crippen LogP contribution in [0.2, 0.25) is 0 Å². The Bertz CT molecular complexity index is 892. The number of ether oxygens (including phenoxy) is 2. The maximum atomic E-state index is 12.4. The van der Waals surface area contributed by atoms with E-state index in [1.54, 1.807) is 29.6 Å². The lowest BCUT2D eigenvalue weighted by molar-refractivity contribution is -0.192. The van der Waals surface area contributed by atoms with Crippen molar-refractivity contribution in [2.75, 3.05) is 19.7 Å². The molecule has 2 aromatic rings. The van der Waals surface area contributed by atoms with E-state index >= 15 is 0 Å². The highest BCUT2D eigenvalue weighted by Gasteiger charge is 2.50. The van der Waals surface area contributed by atoms with Crippen LogP contribution in [0.5, 0.6) is 5.75 Å². The Morgan fingerprint density at radius 1 is 1.23 bits per heavy atom. The van der Waals surface area contributed by atoms with E-state index in [1.165, 1.54) is 6.33 Å².